The summed E-state index contributed by atoms with van der Waals surface area (Å²) in [6.45, 7) is 11.4. The molecule has 1 radical (unpaired) electrons. The molecule has 0 rings (SSSR count). The second kappa shape index (κ2) is 10.4. The molecule has 109 valence electrons. The van der Waals surface area contributed by atoms with Gasteiger partial charge < -0.3 is 4.43 Å². The molecule has 0 saturated carbocycles. The highest BCUT2D eigenvalue weighted by molar-refractivity contribution is 9.09. The average molecular weight is 336 g/mol. The fraction of sp³-hybridized carbons (Fsp3) is 1.00. The summed E-state index contributed by atoms with van der Waals surface area (Å²) in [5.74, 6) is 0. The van der Waals surface area contributed by atoms with Crippen molar-refractivity contribution < 1.29 is 4.43 Å². The molecule has 18 heavy (non-hydrogen) atoms. The van der Waals surface area contributed by atoms with Crippen LogP contribution in [0.25, 0.3) is 0 Å². The molecule has 1 atom stereocenters. The van der Waals surface area contributed by atoms with Gasteiger partial charge in [-0.1, -0.05) is 75.2 Å². The predicted octanol–water partition coefficient (Wildman–Crippen LogP) is 6.14. The van der Waals surface area contributed by atoms with Crippen LogP contribution in [-0.4, -0.2) is 14.1 Å². The van der Waals surface area contributed by atoms with Crippen LogP contribution in [0, 0.1) is 5.41 Å². The zero-order chi connectivity index (χ0) is 14.0. The van der Waals surface area contributed by atoms with Crippen LogP contribution >= 0.6 is 15.9 Å². The lowest BCUT2D eigenvalue weighted by molar-refractivity contribution is 0.283. The molecular formula is C15H32BrOSi. The summed E-state index contributed by atoms with van der Waals surface area (Å²) in [6, 6.07) is 0. The summed E-state index contributed by atoms with van der Waals surface area (Å²) in [4.78, 5) is 0. The Bertz CT molecular complexity index is 189. The van der Waals surface area contributed by atoms with Crippen molar-refractivity contribution in [2.24, 2.45) is 5.41 Å². The van der Waals surface area contributed by atoms with E-state index in [2.05, 4.69) is 49.8 Å². The summed E-state index contributed by atoms with van der Waals surface area (Å²) in [5.41, 5.74) is 0.514. The first-order valence-corrected chi connectivity index (χ1v) is 10.7. The topological polar surface area (TPSA) is 9.23 Å². The standard InChI is InChI=1S/C15H32BrOSi/c1-15(2,3)13-11-9-7-6-8-10-12-14(16)17-18(4)5/h14H,6-13H2,1-5H3. The van der Waals surface area contributed by atoms with E-state index in [9.17, 15) is 0 Å². The zero-order valence-corrected chi connectivity index (χ0v) is 15.6. The number of hydrogen-bond acceptors (Lipinski definition) is 1. The van der Waals surface area contributed by atoms with Gasteiger partial charge in [-0.05, 0) is 31.4 Å². The maximum absolute atomic E-state index is 5.75. The van der Waals surface area contributed by atoms with E-state index in [0.29, 0.717) is 10.4 Å². The van der Waals surface area contributed by atoms with Gasteiger partial charge in [-0.3, -0.25) is 0 Å². The Morgan fingerprint density at radius 3 is 1.94 bits per heavy atom. The molecule has 0 aromatic carbocycles. The molecule has 0 aromatic rings. The maximum Gasteiger partial charge on any atom is 0.206 e. The minimum atomic E-state index is -0.548. The molecule has 0 spiro atoms. The van der Waals surface area contributed by atoms with Crippen molar-refractivity contribution in [2.75, 3.05) is 0 Å². The van der Waals surface area contributed by atoms with E-state index in [-0.39, 0.29) is 0 Å². The van der Waals surface area contributed by atoms with Gasteiger partial charge in [0, 0.05) is 0 Å². The van der Waals surface area contributed by atoms with Gasteiger partial charge in [0.15, 0.2) is 0 Å². The lowest BCUT2D eigenvalue weighted by Gasteiger charge is -2.17. The fourth-order valence-electron chi connectivity index (χ4n) is 1.98. The Labute approximate surface area is 125 Å². The van der Waals surface area contributed by atoms with Crippen LogP contribution in [0.15, 0.2) is 0 Å². The zero-order valence-electron chi connectivity index (χ0n) is 13.0. The summed E-state index contributed by atoms with van der Waals surface area (Å²) < 4.78 is 5.75. The Morgan fingerprint density at radius 2 is 1.44 bits per heavy atom. The van der Waals surface area contributed by atoms with Crippen molar-refractivity contribution in [3.63, 3.8) is 0 Å². The Balaban J connectivity index is 3.21. The van der Waals surface area contributed by atoms with E-state index < -0.39 is 9.04 Å². The van der Waals surface area contributed by atoms with Crippen molar-refractivity contribution >= 4 is 25.0 Å². The minimum Gasteiger partial charge on any atom is -0.405 e. The van der Waals surface area contributed by atoms with Gasteiger partial charge in [-0.2, -0.15) is 0 Å². The van der Waals surface area contributed by atoms with Crippen molar-refractivity contribution in [3.8, 4) is 0 Å². The van der Waals surface area contributed by atoms with Crippen LogP contribution in [0.3, 0.4) is 0 Å². The van der Waals surface area contributed by atoms with E-state index in [1.54, 1.807) is 0 Å². The van der Waals surface area contributed by atoms with Crippen LogP contribution in [0.5, 0.6) is 0 Å². The first kappa shape index (κ1) is 18.7. The summed E-state index contributed by atoms with van der Waals surface area (Å²) >= 11 is 3.60. The van der Waals surface area contributed by atoms with Gasteiger partial charge in [-0.25, -0.2) is 0 Å². The van der Waals surface area contributed by atoms with Crippen LogP contribution in [0.4, 0.5) is 0 Å². The van der Waals surface area contributed by atoms with Crippen molar-refractivity contribution in [1.82, 2.24) is 0 Å². The molecular weight excluding hydrogens is 304 g/mol. The predicted molar refractivity (Wildman–Crippen MR) is 87.7 cm³/mol. The Hall–Kier alpha value is 0.657. The summed E-state index contributed by atoms with van der Waals surface area (Å²) in [5, 5.41) is 0.294. The molecule has 0 fully saturated rings. The maximum atomic E-state index is 5.75. The molecule has 0 saturated heterocycles. The van der Waals surface area contributed by atoms with Gasteiger partial charge in [0.25, 0.3) is 0 Å². The molecule has 0 N–H and O–H groups in total. The molecule has 0 aliphatic heterocycles. The van der Waals surface area contributed by atoms with E-state index in [1.807, 2.05) is 0 Å². The van der Waals surface area contributed by atoms with E-state index >= 15 is 0 Å². The summed E-state index contributed by atoms with van der Waals surface area (Å²) in [6.07, 6.45) is 10.8. The number of rotatable bonds is 10. The van der Waals surface area contributed by atoms with Crippen molar-refractivity contribution in [1.29, 1.82) is 0 Å². The normalized spacial score (nSPS) is 14.2. The van der Waals surface area contributed by atoms with Crippen LogP contribution in [0.1, 0.15) is 72.1 Å². The largest absolute Gasteiger partial charge is 0.405 e. The highest BCUT2D eigenvalue weighted by Crippen LogP contribution is 2.22. The van der Waals surface area contributed by atoms with Gasteiger partial charge in [-0.15, -0.1) is 0 Å². The Morgan fingerprint density at radius 1 is 0.944 bits per heavy atom. The molecule has 1 nitrogen and oxygen atoms in total. The number of unbranched alkanes of at least 4 members (excludes halogenated alkanes) is 5. The molecule has 0 amide bonds. The van der Waals surface area contributed by atoms with Gasteiger partial charge in [0.2, 0.25) is 9.04 Å². The molecule has 0 heterocycles. The Kier molecular flexibility index (Phi) is 10.8. The van der Waals surface area contributed by atoms with Gasteiger partial charge in [0.05, 0.1) is 0 Å². The second-order valence-electron chi connectivity index (χ2n) is 6.66. The van der Waals surface area contributed by atoms with Crippen LogP contribution < -0.4 is 0 Å². The average Bonchev–Trinajstić information content (AvgIpc) is 2.19. The third-order valence-electron chi connectivity index (χ3n) is 2.97. The minimum absolute atomic E-state index is 0.294. The fourth-order valence-corrected chi connectivity index (χ4v) is 4.06. The molecule has 1 unspecified atom stereocenters. The van der Waals surface area contributed by atoms with Crippen LogP contribution in [-0.2, 0) is 4.43 Å². The van der Waals surface area contributed by atoms with Crippen molar-refractivity contribution in [2.45, 2.75) is 90.2 Å². The van der Waals surface area contributed by atoms with E-state index in [4.69, 9.17) is 4.43 Å². The first-order chi connectivity index (χ1) is 8.31. The smallest absolute Gasteiger partial charge is 0.206 e. The van der Waals surface area contributed by atoms with E-state index in [1.165, 1.54) is 44.9 Å². The van der Waals surface area contributed by atoms with E-state index in [0.717, 1.165) is 6.42 Å². The van der Waals surface area contributed by atoms with Gasteiger partial charge in [0.1, 0.15) is 5.01 Å². The van der Waals surface area contributed by atoms with Crippen LogP contribution in [0.2, 0.25) is 13.1 Å². The molecule has 0 aromatic heterocycles. The quantitative estimate of drug-likeness (QED) is 0.264. The molecule has 0 aliphatic rings. The monoisotopic (exact) mass is 335 g/mol. The molecule has 0 aliphatic carbocycles. The number of alkyl halides is 1. The lowest BCUT2D eigenvalue weighted by atomic mass is 9.89. The summed E-state index contributed by atoms with van der Waals surface area (Å²) in [7, 11) is -0.548. The SMILES string of the molecule is C[Si](C)OC(Br)CCCCCCCCC(C)(C)C. The molecule has 3 heteroatoms. The second-order valence-corrected chi connectivity index (χ2v) is 9.73. The third-order valence-corrected chi connectivity index (χ3v) is 4.72. The van der Waals surface area contributed by atoms with Gasteiger partial charge >= 0.3 is 0 Å². The number of halogens is 1. The third kappa shape index (κ3) is 14.7. The van der Waals surface area contributed by atoms with Crippen molar-refractivity contribution in [3.05, 3.63) is 0 Å². The lowest BCUT2D eigenvalue weighted by Crippen LogP contribution is -2.14. The first-order valence-electron chi connectivity index (χ1n) is 7.42. The number of hydrogen-bond donors (Lipinski definition) is 0. The highest BCUT2D eigenvalue weighted by atomic mass is 79.9. The molecule has 0 bridgehead atoms. The highest BCUT2D eigenvalue weighted by Gasteiger charge is 2.09.